The Bertz CT molecular complexity index is 1350. The van der Waals surface area contributed by atoms with Crippen LogP contribution in [0.3, 0.4) is 0 Å². The van der Waals surface area contributed by atoms with Crippen molar-refractivity contribution >= 4 is 22.4 Å². The van der Waals surface area contributed by atoms with E-state index in [0.29, 0.717) is 22.2 Å². The Morgan fingerprint density at radius 1 is 0.914 bits per heavy atom. The molecule has 0 aliphatic carbocycles. The van der Waals surface area contributed by atoms with Gasteiger partial charge in [0.25, 0.3) is 5.56 Å². The standard InChI is InChI=1S/C29H30ClN3O2/c30-23-10-8-22(9-11-23)19-28-27-20-25(34)12-13-26(27)29(35)33(31-28)24-7-4-16-32(18-15-24)17-14-21-5-2-1-3-6-21/h1-3,5-6,8-13,20,24,34H,4,7,14-19H2. The van der Waals surface area contributed by atoms with Crippen LogP contribution in [0.1, 0.15) is 42.1 Å². The molecule has 3 aromatic carbocycles. The highest BCUT2D eigenvalue weighted by molar-refractivity contribution is 6.30. The molecule has 1 N–H and O–H groups in total. The molecule has 1 unspecified atom stereocenters. The quantitative estimate of drug-likeness (QED) is 0.383. The largest absolute Gasteiger partial charge is 0.508 e. The molecule has 35 heavy (non-hydrogen) atoms. The number of halogens is 1. The van der Waals surface area contributed by atoms with E-state index in [2.05, 4.69) is 35.2 Å². The number of phenolic OH excluding ortho intramolecular Hbond substituents is 1. The summed E-state index contributed by atoms with van der Waals surface area (Å²) in [5.74, 6) is 0.136. The van der Waals surface area contributed by atoms with Gasteiger partial charge in [-0.25, -0.2) is 4.68 Å². The number of rotatable bonds is 6. The van der Waals surface area contributed by atoms with Crippen LogP contribution in [0.15, 0.2) is 77.6 Å². The summed E-state index contributed by atoms with van der Waals surface area (Å²) in [4.78, 5) is 16.0. The zero-order valence-electron chi connectivity index (χ0n) is 19.7. The fourth-order valence-corrected chi connectivity index (χ4v) is 5.15. The number of hydrogen-bond acceptors (Lipinski definition) is 4. The molecule has 5 rings (SSSR count). The Kier molecular flexibility index (Phi) is 7.16. The van der Waals surface area contributed by atoms with Gasteiger partial charge in [0.1, 0.15) is 5.75 Å². The number of aromatic nitrogens is 2. The highest BCUT2D eigenvalue weighted by Gasteiger charge is 2.22. The maximum atomic E-state index is 13.5. The van der Waals surface area contributed by atoms with Crippen molar-refractivity contribution < 1.29 is 5.11 Å². The second-order valence-corrected chi connectivity index (χ2v) is 9.83. The second kappa shape index (κ2) is 10.6. The maximum Gasteiger partial charge on any atom is 0.274 e. The predicted octanol–water partition coefficient (Wildman–Crippen LogP) is 5.62. The molecule has 0 saturated carbocycles. The number of hydrogen-bond donors (Lipinski definition) is 1. The highest BCUT2D eigenvalue weighted by Crippen LogP contribution is 2.26. The normalized spacial score (nSPS) is 16.9. The van der Waals surface area contributed by atoms with Gasteiger partial charge in [0.15, 0.2) is 0 Å². The van der Waals surface area contributed by atoms with Crippen LogP contribution in [0.2, 0.25) is 5.02 Å². The Balaban J connectivity index is 1.40. The number of likely N-dealkylation sites (tertiary alicyclic amines) is 1. The number of aromatic hydroxyl groups is 1. The maximum absolute atomic E-state index is 13.5. The number of nitrogens with zero attached hydrogens (tertiary/aromatic N) is 3. The van der Waals surface area contributed by atoms with Gasteiger partial charge in [-0.05, 0) is 73.7 Å². The predicted molar refractivity (Wildman–Crippen MR) is 141 cm³/mol. The SMILES string of the molecule is O=c1c2ccc(O)cc2c(Cc2ccc(Cl)cc2)nn1C1CCCN(CCc2ccccc2)CC1. The van der Waals surface area contributed by atoms with E-state index in [9.17, 15) is 9.90 Å². The van der Waals surface area contributed by atoms with Crippen molar-refractivity contribution in [1.82, 2.24) is 14.7 Å². The minimum Gasteiger partial charge on any atom is -0.508 e. The van der Waals surface area contributed by atoms with Crippen molar-refractivity contribution in [2.45, 2.75) is 38.1 Å². The average Bonchev–Trinajstić information content (AvgIpc) is 3.12. The van der Waals surface area contributed by atoms with Crippen molar-refractivity contribution in [3.05, 3.63) is 105 Å². The van der Waals surface area contributed by atoms with E-state index in [1.807, 2.05) is 24.3 Å². The molecule has 2 heterocycles. The molecule has 180 valence electrons. The third kappa shape index (κ3) is 5.58. The molecule has 1 aromatic heterocycles. The third-order valence-corrected chi connectivity index (χ3v) is 7.21. The van der Waals surface area contributed by atoms with E-state index in [-0.39, 0.29) is 17.4 Å². The van der Waals surface area contributed by atoms with E-state index in [0.717, 1.165) is 56.6 Å². The van der Waals surface area contributed by atoms with Gasteiger partial charge in [-0.15, -0.1) is 0 Å². The lowest BCUT2D eigenvalue weighted by molar-refractivity contribution is 0.281. The van der Waals surface area contributed by atoms with Crippen LogP contribution < -0.4 is 5.56 Å². The molecule has 1 aliphatic heterocycles. The van der Waals surface area contributed by atoms with Crippen molar-refractivity contribution in [3.8, 4) is 5.75 Å². The zero-order valence-corrected chi connectivity index (χ0v) is 20.5. The van der Waals surface area contributed by atoms with E-state index in [4.69, 9.17) is 16.7 Å². The molecule has 0 spiro atoms. The molecule has 1 saturated heterocycles. The Morgan fingerprint density at radius 3 is 2.51 bits per heavy atom. The summed E-state index contributed by atoms with van der Waals surface area (Å²) >= 11 is 6.06. The summed E-state index contributed by atoms with van der Waals surface area (Å²) in [6.45, 7) is 3.01. The summed E-state index contributed by atoms with van der Waals surface area (Å²) < 4.78 is 1.71. The Labute approximate surface area is 210 Å². The first-order valence-corrected chi connectivity index (χ1v) is 12.7. The van der Waals surface area contributed by atoms with Gasteiger partial charge in [0, 0.05) is 29.9 Å². The Morgan fingerprint density at radius 2 is 1.71 bits per heavy atom. The van der Waals surface area contributed by atoms with Crippen LogP contribution in [0.5, 0.6) is 5.75 Å². The summed E-state index contributed by atoms with van der Waals surface area (Å²) in [7, 11) is 0. The molecule has 5 nitrogen and oxygen atoms in total. The molecule has 1 aliphatic rings. The van der Waals surface area contributed by atoms with Gasteiger partial charge < -0.3 is 10.0 Å². The van der Waals surface area contributed by atoms with E-state index in [1.165, 1.54) is 5.56 Å². The second-order valence-electron chi connectivity index (χ2n) is 9.39. The molecule has 0 amide bonds. The van der Waals surface area contributed by atoms with Gasteiger partial charge in [-0.3, -0.25) is 4.79 Å². The molecule has 0 radical (unpaired) electrons. The summed E-state index contributed by atoms with van der Waals surface area (Å²) in [6, 6.07) is 23.3. The summed E-state index contributed by atoms with van der Waals surface area (Å²) in [5.41, 5.74) is 3.13. The molecular formula is C29H30ClN3O2. The van der Waals surface area contributed by atoms with Crippen LogP contribution >= 0.6 is 11.6 Å². The fourth-order valence-electron chi connectivity index (χ4n) is 5.02. The molecular weight excluding hydrogens is 458 g/mol. The number of phenols is 1. The van der Waals surface area contributed by atoms with Gasteiger partial charge in [-0.2, -0.15) is 5.10 Å². The van der Waals surface area contributed by atoms with Crippen LogP contribution in [0.25, 0.3) is 10.8 Å². The number of benzene rings is 3. The fraction of sp³-hybridized carbons (Fsp3) is 0.310. The zero-order chi connectivity index (χ0) is 24.2. The number of fused-ring (bicyclic) bond motifs is 1. The molecule has 1 atom stereocenters. The topological polar surface area (TPSA) is 58.4 Å². The van der Waals surface area contributed by atoms with Crippen molar-refractivity contribution in [2.24, 2.45) is 0 Å². The lowest BCUT2D eigenvalue weighted by atomic mass is 10.0. The first-order chi connectivity index (χ1) is 17.1. The molecule has 6 heteroatoms. The first-order valence-electron chi connectivity index (χ1n) is 12.3. The third-order valence-electron chi connectivity index (χ3n) is 6.96. The highest BCUT2D eigenvalue weighted by atomic mass is 35.5. The van der Waals surface area contributed by atoms with Crippen LogP contribution in [-0.4, -0.2) is 39.4 Å². The molecule has 0 bridgehead atoms. The van der Waals surface area contributed by atoms with Gasteiger partial charge in [0.2, 0.25) is 0 Å². The smallest absolute Gasteiger partial charge is 0.274 e. The lowest BCUT2D eigenvalue weighted by Gasteiger charge is -2.21. The minimum atomic E-state index is -0.0809. The van der Waals surface area contributed by atoms with Crippen molar-refractivity contribution in [2.75, 3.05) is 19.6 Å². The summed E-state index contributed by atoms with van der Waals surface area (Å²) in [6.07, 6.45) is 4.46. The van der Waals surface area contributed by atoms with Crippen LogP contribution in [0.4, 0.5) is 0 Å². The first kappa shape index (κ1) is 23.6. The molecule has 4 aromatic rings. The van der Waals surface area contributed by atoms with Gasteiger partial charge in [0.05, 0.1) is 17.1 Å². The van der Waals surface area contributed by atoms with Crippen LogP contribution in [0, 0.1) is 0 Å². The van der Waals surface area contributed by atoms with E-state index in [1.54, 1.807) is 22.9 Å². The Hall–Kier alpha value is -3.15. The van der Waals surface area contributed by atoms with E-state index < -0.39 is 0 Å². The monoisotopic (exact) mass is 487 g/mol. The molecule has 1 fully saturated rings. The van der Waals surface area contributed by atoms with Gasteiger partial charge >= 0.3 is 0 Å². The van der Waals surface area contributed by atoms with Gasteiger partial charge in [-0.1, -0.05) is 54.1 Å². The average molecular weight is 488 g/mol. The summed E-state index contributed by atoms with van der Waals surface area (Å²) in [5, 5.41) is 17.0. The van der Waals surface area contributed by atoms with Crippen LogP contribution in [-0.2, 0) is 12.8 Å². The van der Waals surface area contributed by atoms with Crippen molar-refractivity contribution in [3.63, 3.8) is 0 Å². The van der Waals surface area contributed by atoms with Crippen molar-refractivity contribution in [1.29, 1.82) is 0 Å². The van der Waals surface area contributed by atoms with E-state index >= 15 is 0 Å². The minimum absolute atomic E-state index is 0.0615. The lowest BCUT2D eigenvalue weighted by Crippen LogP contribution is -2.30.